The van der Waals surface area contributed by atoms with E-state index < -0.39 is 0 Å². The third kappa shape index (κ3) is 3.23. The number of thiophene rings is 1. The van der Waals surface area contributed by atoms with Crippen LogP contribution in [0.2, 0.25) is 0 Å². The summed E-state index contributed by atoms with van der Waals surface area (Å²) in [7, 11) is 0. The fraction of sp³-hybridized carbons (Fsp3) is 0.0667. The molecule has 0 unspecified atom stereocenters. The quantitative estimate of drug-likeness (QED) is 0.162. The van der Waals surface area contributed by atoms with Crippen LogP contribution in [0, 0.1) is 0 Å². The molecule has 47 heavy (non-hydrogen) atoms. The van der Waals surface area contributed by atoms with Crippen molar-refractivity contribution in [3.8, 4) is 16.8 Å². The molecule has 1 aliphatic carbocycles. The van der Waals surface area contributed by atoms with Crippen molar-refractivity contribution in [3.05, 3.63) is 151 Å². The van der Waals surface area contributed by atoms with Crippen molar-refractivity contribution in [1.29, 1.82) is 0 Å². The maximum absolute atomic E-state index is 2.52. The lowest BCUT2D eigenvalue weighted by atomic mass is 9.81. The van der Waals surface area contributed by atoms with Gasteiger partial charge in [-0.2, -0.15) is 0 Å². The molecule has 8 aromatic carbocycles. The van der Waals surface area contributed by atoms with Crippen LogP contribution in [0.1, 0.15) is 25.0 Å². The summed E-state index contributed by atoms with van der Waals surface area (Å²) < 4.78 is 5.18. The summed E-state index contributed by atoms with van der Waals surface area (Å²) in [5.74, 6) is 0. The summed E-state index contributed by atoms with van der Waals surface area (Å²) >= 11 is 1.90. The van der Waals surface area contributed by atoms with Crippen molar-refractivity contribution in [2.24, 2.45) is 0 Å². The first kappa shape index (κ1) is 25.7. The Morgan fingerprint density at radius 1 is 0.426 bits per heavy atom. The number of hydrogen-bond acceptors (Lipinski definition) is 1. The van der Waals surface area contributed by atoms with Crippen LogP contribution in [0.5, 0.6) is 0 Å². The van der Waals surface area contributed by atoms with Crippen LogP contribution in [0.3, 0.4) is 0 Å². The molecule has 0 amide bonds. The second kappa shape index (κ2) is 8.88. The average molecular weight is 616 g/mol. The van der Waals surface area contributed by atoms with E-state index in [0.717, 1.165) is 0 Å². The lowest BCUT2D eigenvalue weighted by Crippen LogP contribution is -2.14. The highest BCUT2D eigenvalue weighted by Crippen LogP contribution is 2.52. The van der Waals surface area contributed by atoms with Crippen molar-refractivity contribution in [2.75, 3.05) is 0 Å². The summed E-state index contributed by atoms with van der Waals surface area (Å²) in [6, 6.07) is 52.5. The Hall–Kier alpha value is -5.44. The molecule has 0 spiro atoms. The zero-order valence-electron chi connectivity index (χ0n) is 26.1. The van der Waals surface area contributed by atoms with E-state index in [1.54, 1.807) is 0 Å². The van der Waals surface area contributed by atoms with Crippen molar-refractivity contribution in [1.82, 2.24) is 4.57 Å². The molecule has 220 valence electrons. The highest BCUT2D eigenvalue weighted by Gasteiger charge is 2.35. The predicted molar refractivity (Wildman–Crippen MR) is 204 cm³/mol. The van der Waals surface area contributed by atoms with Gasteiger partial charge in [-0.15, -0.1) is 11.3 Å². The molecule has 1 nitrogen and oxygen atoms in total. The van der Waals surface area contributed by atoms with Crippen LogP contribution in [-0.4, -0.2) is 4.57 Å². The molecule has 0 saturated carbocycles. The third-order valence-corrected chi connectivity index (χ3v) is 12.2. The van der Waals surface area contributed by atoms with Crippen LogP contribution in [-0.2, 0) is 5.41 Å². The highest BCUT2D eigenvalue weighted by atomic mass is 32.1. The first-order valence-corrected chi connectivity index (χ1v) is 17.3. The van der Waals surface area contributed by atoms with E-state index in [1.165, 1.54) is 102 Å². The van der Waals surface area contributed by atoms with Gasteiger partial charge in [0.25, 0.3) is 0 Å². The SMILES string of the molecule is CC1(C)c2ccccc2-c2cc3c4ccccc4c4cc5c6ccccc6n(-c6cccc7c6sc6ccccc67)c5cc4c3cc21. The number of para-hydroxylation sites is 1. The lowest BCUT2D eigenvalue weighted by molar-refractivity contribution is 0.661. The number of nitrogens with zero attached hydrogens (tertiary/aromatic N) is 1. The summed E-state index contributed by atoms with van der Waals surface area (Å²) in [4.78, 5) is 0. The van der Waals surface area contributed by atoms with Crippen LogP contribution >= 0.6 is 11.3 Å². The first-order chi connectivity index (χ1) is 23.1. The molecule has 2 heteroatoms. The van der Waals surface area contributed by atoms with Crippen molar-refractivity contribution < 1.29 is 0 Å². The molecule has 0 bridgehead atoms. The molecule has 0 saturated heterocycles. The number of fused-ring (bicyclic) bond motifs is 15. The van der Waals surface area contributed by atoms with E-state index in [2.05, 4.69) is 158 Å². The maximum atomic E-state index is 2.52. The lowest BCUT2D eigenvalue weighted by Gasteiger charge is -2.22. The van der Waals surface area contributed by atoms with Crippen LogP contribution in [0.4, 0.5) is 0 Å². The molecule has 0 N–H and O–H groups in total. The topological polar surface area (TPSA) is 4.93 Å². The van der Waals surface area contributed by atoms with Gasteiger partial charge in [-0.05, 0) is 97.0 Å². The summed E-state index contributed by atoms with van der Waals surface area (Å²) in [5, 5.41) is 13.2. The zero-order chi connectivity index (χ0) is 31.0. The molecule has 2 aromatic heterocycles. The van der Waals surface area contributed by atoms with E-state index in [-0.39, 0.29) is 5.41 Å². The van der Waals surface area contributed by atoms with Gasteiger partial charge < -0.3 is 4.57 Å². The van der Waals surface area contributed by atoms with Gasteiger partial charge in [-0.25, -0.2) is 0 Å². The smallest absolute Gasteiger partial charge is 0.0640 e. The minimum atomic E-state index is -0.0616. The van der Waals surface area contributed by atoms with Gasteiger partial charge in [0.1, 0.15) is 0 Å². The van der Waals surface area contributed by atoms with Gasteiger partial charge in [0.05, 0.1) is 21.4 Å². The largest absolute Gasteiger partial charge is 0.308 e. The Morgan fingerprint density at radius 3 is 1.91 bits per heavy atom. The molecular formula is C45H29NS. The van der Waals surface area contributed by atoms with E-state index in [1.807, 2.05) is 11.3 Å². The van der Waals surface area contributed by atoms with E-state index in [4.69, 9.17) is 0 Å². The highest BCUT2D eigenvalue weighted by molar-refractivity contribution is 7.26. The summed E-state index contributed by atoms with van der Waals surface area (Å²) in [6.45, 7) is 4.77. The van der Waals surface area contributed by atoms with Gasteiger partial charge >= 0.3 is 0 Å². The molecule has 0 aliphatic heterocycles. The molecule has 1 aliphatic rings. The van der Waals surface area contributed by atoms with Gasteiger partial charge in [-0.3, -0.25) is 0 Å². The third-order valence-electron chi connectivity index (χ3n) is 11.0. The Balaban J connectivity index is 1.33. The van der Waals surface area contributed by atoms with Crippen LogP contribution < -0.4 is 0 Å². The van der Waals surface area contributed by atoms with Crippen molar-refractivity contribution in [3.63, 3.8) is 0 Å². The minimum Gasteiger partial charge on any atom is -0.308 e. The van der Waals surface area contributed by atoms with E-state index in [0.29, 0.717) is 0 Å². The normalized spacial score (nSPS) is 13.9. The van der Waals surface area contributed by atoms with Gasteiger partial charge in [0.15, 0.2) is 0 Å². The number of aromatic nitrogens is 1. The maximum Gasteiger partial charge on any atom is 0.0640 e. The average Bonchev–Trinajstić information content (AvgIpc) is 3.73. The van der Waals surface area contributed by atoms with Gasteiger partial charge in [0, 0.05) is 31.7 Å². The zero-order valence-corrected chi connectivity index (χ0v) is 27.0. The monoisotopic (exact) mass is 615 g/mol. The molecule has 2 heterocycles. The van der Waals surface area contributed by atoms with Crippen LogP contribution in [0.25, 0.3) is 91.1 Å². The molecule has 0 fully saturated rings. The molecule has 10 aromatic rings. The van der Waals surface area contributed by atoms with Crippen LogP contribution in [0.15, 0.2) is 140 Å². The van der Waals surface area contributed by atoms with Crippen molar-refractivity contribution >= 4 is 85.6 Å². The summed E-state index contributed by atoms with van der Waals surface area (Å²) in [5.41, 5.74) is 9.25. The van der Waals surface area contributed by atoms with Gasteiger partial charge in [-0.1, -0.05) is 111 Å². The number of rotatable bonds is 1. The molecular weight excluding hydrogens is 587 g/mol. The van der Waals surface area contributed by atoms with E-state index >= 15 is 0 Å². The Bertz CT molecular complexity index is 2990. The Morgan fingerprint density at radius 2 is 1.06 bits per heavy atom. The minimum absolute atomic E-state index is 0.0616. The van der Waals surface area contributed by atoms with Crippen molar-refractivity contribution in [2.45, 2.75) is 19.3 Å². The number of hydrogen-bond donors (Lipinski definition) is 0. The second-order valence-electron chi connectivity index (χ2n) is 13.7. The number of benzene rings is 8. The molecule has 0 radical (unpaired) electrons. The predicted octanol–water partition coefficient (Wildman–Crippen LogP) is 12.9. The van der Waals surface area contributed by atoms with E-state index in [9.17, 15) is 0 Å². The summed E-state index contributed by atoms with van der Waals surface area (Å²) in [6.07, 6.45) is 0. The first-order valence-electron chi connectivity index (χ1n) is 16.4. The fourth-order valence-corrected chi connectivity index (χ4v) is 9.98. The molecule has 11 rings (SSSR count). The van der Waals surface area contributed by atoms with Gasteiger partial charge in [0.2, 0.25) is 0 Å². The Kier molecular flexibility index (Phi) is 4.86. The second-order valence-corrected chi connectivity index (χ2v) is 14.7. The fourth-order valence-electron chi connectivity index (χ4n) is 8.77. The Labute approximate surface area is 275 Å². The molecule has 0 atom stereocenters. The standard InChI is InChI=1S/C45H29NS/c1-45(2)38-18-8-5-14-28(38)36-22-32-26-12-3-4-13-27(26)33-23-37-29-15-6-9-19-40(29)46(42(37)25-35(33)34(32)24-39(36)45)41-20-11-17-31-30-16-7-10-21-43(30)47-44(31)41/h3-25H,1-2H3.